The first-order valence-electron chi connectivity index (χ1n) is 14.6. The minimum atomic E-state index is -0.730. The third-order valence-electron chi connectivity index (χ3n) is 7.39. The molecule has 0 bridgehead atoms. The first-order valence-corrected chi connectivity index (χ1v) is 14.6. The van der Waals surface area contributed by atoms with Gasteiger partial charge in [0.15, 0.2) is 5.76 Å². The molecular formula is C34H36FN7O3. The molecule has 0 aliphatic carbocycles. The molecule has 5 rings (SSSR count). The molecule has 1 unspecified atom stereocenters. The van der Waals surface area contributed by atoms with Crippen molar-refractivity contribution in [3.63, 3.8) is 0 Å². The van der Waals surface area contributed by atoms with Crippen LogP contribution in [0.4, 0.5) is 4.39 Å². The number of fused-ring (bicyclic) bond motifs is 1. The van der Waals surface area contributed by atoms with Crippen LogP contribution in [0.2, 0.25) is 0 Å². The highest BCUT2D eigenvalue weighted by molar-refractivity contribution is 5.82. The average molecular weight is 610 g/mol. The zero-order chi connectivity index (χ0) is 31.6. The Balaban J connectivity index is 1.27. The first-order chi connectivity index (χ1) is 21.9. The third kappa shape index (κ3) is 8.64. The highest BCUT2D eigenvalue weighted by Crippen LogP contribution is 2.21. The molecule has 11 heteroatoms. The van der Waals surface area contributed by atoms with E-state index in [1.807, 2.05) is 72.6 Å². The first kappa shape index (κ1) is 31.6. The SMILES string of the molecule is CN(Cc1cccc2ncccc12)CC(N)N(CC=O)C(=O)CN(Cc1cc(-c2ccc(F)cc2)no1)NCc1ccccc1. The number of likely N-dealkylation sites (N-methyl/N-ethyl adjacent to an activating group) is 1. The van der Waals surface area contributed by atoms with E-state index in [-0.39, 0.29) is 31.4 Å². The molecule has 45 heavy (non-hydrogen) atoms. The number of amides is 1. The number of halogens is 1. The van der Waals surface area contributed by atoms with Crippen molar-refractivity contribution in [1.82, 2.24) is 30.4 Å². The van der Waals surface area contributed by atoms with Crippen molar-refractivity contribution in [3.05, 3.63) is 120 Å². The molecule has 5 aromatic rings. The number of hydrazine groups is 1. The van der Waals surface area contributed by atoms with Gasteiger partial charge in [0.2, 0.25) is 5.91 Å². The van der Waals surface area contributed by atoms with Gasteiger partial charge in [0.1, 0.15) is 17.8 Å². The monoisotopic (exact) mass is 609 g/mol. The fourth-order valence-corrected chi connectivity index (χ4v) is 5.13. The number of nitrogens with two attached hydrogens (primary N) is 1. The number of carbonyl (C=O) groups excluding carboxylic acids is 2. The minimum absolute atomic E-state index is 0.0837. The van der Waals surface area contributed by atoms with Crippen LogP contribution in [0, 0.1) is 5.82 Å². The van der Waals surface area contributed by atoms with Gasteiger partial charge in [-0.2, -0.15) is 0 Å². The Morgan fingerprint density at radius 1 is 1.02 bits per heavy atom. The summed E-state index contributed by atoms with van der Waals surface area (Å²) in [7, 11) is 1.93. The summed E-state index contributed by atoms with van der Waals surface area (Å²) in [5.41, 5.74) is 14.1. The number of benzene rings is 3. The molecule has 0 fully saturated rings. The van der Waals surface area contributed by atoms with Crippen LogP contribution in [-0.4, -0.2) is 70.0 Å². The molecule has 2 aromatic heterocycles. The lowest BCUT2D eigenvalue weighted by Crippen LogP contribution is -2.55. The summed E-state index contributed by atoms with van der Waals surface area (Å²) in [6, 6.07) is 27.4. The zero-order valence-electron chi connectivity index (χ0n) is 25.1. The van der Waals surface area contributed by atoms with E-state index in [9.17, 15) is 14.0 Å². The second kappa shape index (κ2) is 15.3. The molecule has 0 saturated heterocycles. The Kier molecular flexibility index (Phi) is 10.7. The number of carbonyl (C=O) groups is 2. The quantitative estimate of drug-likeness (QED) is 0.103. The highest BCUT2D eigenvalue weighted by atomic mass is 19.1. The van der Waals surface area contributed by atoms with Crippen LogP contribution in [0.15, 0.2) is 102 Å². The molecule has 0 spiro atoms. The lowest BCUT2D eigenvalue weighted by Gasteiger charge is -2.32. The van der Waals surface area contributed by atoms with Crippen LogP contribution in [0.25, 0.3) is 22.2 Å². The smallest absolute Gasteiger partial charge is 0.239 e. The van der Waals surface area contributed by atoms with Crippen LogP contribution >= 0.6 is 0 Å². The number of nitrogens with zero attached hydrogens (tertiary/aromatic N) is 5. The summed E-state index contributed by atoms with van der Waals surface area (Å²) in [6.07, 6.45) is 1.72. The predicted octanol–water partition coefficient (Wildman–Crippen LogP) is 3.98. The van der Waals surface area contributed by atoms with Gasteiger partial charge in [0.25, 0.3) is 0 Å². The second-order valence-electron chi connectivity index (χ2n) is 10.8. The van der Waals surface area contributed by atoms with Gasteiger partial charge in [0.05, 0.1) is 31.3 Å². The average Bonchev–Trinajstić information content (AvgIpc) is 3.51. The number of hydrogen-bond donors (Lipinski definition) is 2. The molecule has 0 aliphatic rings. The fourth-order valence-electron chi connectivity index (χ4n) is 5.13. The molecular weight excluding hydrogens is 573 g/mol. The summed E-state index contributed by atoms with van der Waals surface area (Å²) in [5.74, 6) is -0.165. The molecule has 10 nitrogen and oxygen atoms in total. The van der Waals surface area contributed by atoms with Gasteiger partial charge in [-0.05, 0) is 54.6 Å². The summed E-state index contributed by atoms with van der Waals surface area (Å²) in [6.45, 7) is 1.36. The Labute approximate surface area is 261 Å². The number of aldehydes is 1. The highest BCUT2D eigenvalue weighted by Gasteiger charge is 2.25. The Hall–Kier alpha value is -4.81. The minimum Gasteiger partial charge on any atom is -0.359 e. The van der Waals surface area contributed by atoms with Crippen molar-refractivity contribution < 1.29 is 18.5 Å². The number of aromatic nitrogens is 2. The van der Waals surface area contributed by atoms with E-state index in [0.29, 0.717) is 42.9 Å². The lowest BCUT2D eigenvalue weighted by atomic mass is 10.1. The fraction of sp³-hybridized carbons (Fsp3) is 0.235. The van der Waals surface area contributed by atoms with Crippen molar-refractivity contribution >= 4 is 23.1 Å². The molecule has 2 heterocycles. The molecule has 3 aromatic carbocycles. The Bertz CT molecular complexity index is 1690. The van der Waals surface area contributed by atoms with E-state index in [2.05, 4.69) is 15.6 Å². The summed E-state index contributed by atoms with van der Waals surface area (Å²) < 4.78 is 19.0. The standard InChI is InChI=1S/C34H36FN7O3/c1-40(21-27-9-5-11-31-30(27)10-6-16-37-31)23-33(36)42(17-18-43)34(44)24-41(38-20-25-7-3-2-4-8-25)22-29-19-32(39-45-29)26-12-14-28(35)15-13-26/h2-16,18-19,33,38H,17,20-24,36H2,1H3. The van der Waals surface area contributed by atoms with Crippen LogP contribution in [0.1, 0.15) is 16.9 Å². The van der Waals surface area contributed by atoms with Gasteiger partial charge in [0, 0.05) is 42.8 Å². The molecule has 0 radical (unpaired) electrons. The van der Waals surface area contributed by atoms with Gasteiger partial charge in [-0.1, -0.05) is 53.7 Å². The van der Waals surface area contributed by atoms with Gasteiger partial charge in [-0.3, -0.25) is 14.7 Å². The van der Waals surface area contributed by atoms with Gasteiger partial charge >= 0.3 is 0 Å². The van der Waals surface area contributed by atoms with E-state index in [4.69, 9.17) is 10.3 Å². The van der Waals surface area contributed by atoms with Crippen LogP contribution in [0.5, 0.6) is 0 Å². The molecule has 0 aliphatic heterocycles. The number of pyridine rings is 1. The number of rotatable bonds is 15. The van der Waals surface area contributed by atoms with Gasteiger partial charge < -0.3 is 20.0 Å². The van der Waals surface area contributed by atoms with E-state index in [0.717, 1.165) is 22.0 Å². The van der Waals surface area contributed by atoms with E-state index < -0.39 is 6.17 Å². The third-order valence-corrected chi connectivity index (χ3v) is 7.39. The van der Waals surface area contributed by atoms with E-state index in [1.54, 1.807) is 29.4 Å². The second-order valence-corrected chi connectivity index (χ2v) is 10.8. The van der Waals surface area contributed by atoms with Crippen LogP contribution < -0.4 is 11.2 Å². The largest absolute Gasteiger partial charge is 0.359 e. The number of nitrogens with one attached hydrogen (secondary N) is 1. The number of hydrogen-bond acceptors (Lipinski definition) is 9. The van der Waals surface area contributed by atoms with Crippen molar-refractivity contribution in [3.8, 4) is 11.3 Å². The van der Waals surface area contributed by atoms with Gasteiger partial charge in [-0.25, -0.2) is 14.8 Å². The maximum absolute atomic E-state index is 13.7. The topological polar surface area (TPSA) is 121 Å². The molecule has 1 amide bonds. The maximum Gasteiger partial charge on any atom is 0.239 e. The molecule has 1 atom stereocenters. The van der Waals surface area contributed by atoms with Crippen molar-refractivity contribution in [1.29, 1.82) is 0 Å². The molecule has 232 valence electrons. The summed E-state index contributed by atoms with van der Waals surface area (Å²) in [5, 5.41) is 6.88. The summed E-state index contributed by atoms with van der Waals surface area (Å²) in [4.78, 5) is 33.1. The van der Waals surface area contributed by atoms with E-state index >= 15 is 0 Å². The van der Waals surface area contributed by atoms with E-state index in [1.165, 1.54) is 17.0 Å². The van der Waals surface area contributed by atoms with Crippen LogP contribution in [-0.2, 0) is 29.2 Å². The van der Waals surface area contributed by atoms with Crippen LogP contribution in [0.3, 0.4) is 0 Å². The Morgan fingerprint density at radius 3 is 2.60 bits per heavy atom. The van der Waals surface area contributed by atoms with Crippen molar-refractivity contribution in [2.75, 3.05) is 26.7 Å². The van der Waals surface area contributed by atoms with Gasteiger partial charge in [-0.15, -0.1) is 0 Å². The normalized spacial score (nSPS) is 12.1. The lowest BCUT2D eigenvalue weighted by molar-refractivity contribution is -0.138. The molecule has 3 N–H and O–H groups in total. The Morgan fingerprint density at radius 2 is 1.82 bits per heavy atom. The van der Waals surface area contributed by atoms with Crippen molar-refractivity contribution in [2.24, 2.45) is 5.73 Å². The zero-order valence-corrected chi connectivity index (χ0v) is 25.1. The van der Waals surface area contributed by atoms with Crippen molar-refractivity contribution in [2.45, 2.75) is 25.8 Å². The molecule has 0 saturated carbocycles. The maximum atomic E-state index is 13.7. The summed E-state index contributed by atoms with van der Waals surface area (Å²) >= 11 is 0. The predicted molar refractivity (Wildman–Crippen MR) is 169 cm³/mol.